The zero-order chi connectivity index (χ0) is 24.7. The van der Waals surface area contributed by atoms with Crippen LogP contribution in [0.15, 0.2) is 4.79 Å². The molecule has 0 spiro atoms. The van der Waals surface area contributed by atoms with Crippen molar-refractivity contribution in [3.05, 3.63) is 22.1 Å². The number of aryl methyl sites for hydroxylation is 2. The number of hydrogen-bond acceptors (Lipinski definition) is 5. The van der Waals surface area contributed by atoms with Crippen molar-refractivity contribution >= 4 is 0 Å². The molecule has 8 heteroatoms. The molecule has 36 heavy (non-hydrogen) atoms. The molecule has 0 aliphatic heterocycles. The Balaban J connectivity index is 1.20. The minimum Gasteiger partial charge on any atom is -0.279 e. The van der Waals surface area contributed by atoms with E-state index in [1.807, 2.05) is 4.68 Å². The molecule has 5 rings (SSSR count). The lowest BCUT2D eigenvalue weighted by atomic mass is 9.66. The number of nitrogens with zero attached hydrogens (tertiary/aromatic N) is 6. The maximum Gasteiger partial charge on any atom is 0.345 e. The average Bonchev–Trinajstić information content (AvgIpc) is 3.56. The second-order valence-electron chi connectivity index (χ2n) is 12.0. The molecular weight excluding hydrogens is 450 g/mol. The van der Waals surface area contributed by atoms with Crippen molar-refractivity contribution in [1.82, 2.24) is 35.0 Å². The van der Waals surface area contributed by atoms with Crippen molar-refractivity contribution in [3.63, 3.8) is 0 Å². The van der Waals surface area contributed by atoms with Gasteiger partial charge in [-0.05, 0) is 75.0 Å². The Bertz CT molecular complexity index is 967. The van der Waals surface area contributed by atoms with Crippen LogP contribution in [0.2, 0.25) is 0 Å². The van der Waals surface area contributed by atoms with Crippen molar-refractivity contribution in [2.24, 2.45) is 23.7 Å². The molecule has 3 fully saturated rings. The lowest BCUT2D eigenvalue weighted by molar-refractivity contribution is 0.137. The van der Waals surface area contributed by atoms with Gasteiger partial charge in [-0.1, -0.05) is 63.5 Å². The van der Waals surface area contributed by atoms with Gasteiger partial charge in [-0.2, -0.15) is 10.3 Å². The molecule has 2 unspecified atom stereocenters. The lowest BCUT2D eigenvalue weighted by Gasteiger charge is -2.39. The first kappa shape index (κ1) is 25.7. The molecule has 0 saturated heterocycles. The van der Waals surface area contributed by atoms with Gasteiger partial charge in [0.15, 0.2) is 5.82 Å². The number of rotatable bonds is 10. The highest BCUT2D eigenvalue weighted by Crippen LogP contribution is 2.46. The van der Waals surface area contributed by atoms with E-state index in [0.29, 0.717) is 17.8 Å². The van der Waals surface area contributed by atoms with Gasteiger partial charge in [0.2, 0.25) is 0 Å². The van der Waals surface area contributed by atoms with E-state index < -0.39 is 0 Å². The molecule has 3 aliphatic carbocycles. The largest absolute Gasteiger partial charge is 0.345 e. The van der Waals surface area contributed by atoms with Gasteiger partial charge in [0.1, 0.15) is 5.82 Å². The van der Waals surface area contributed by atoms with Gasteiger partial charge in [-0.15, -0.1) is 10.2 Å². The standard InChI is InChI=1S/C28H47N7O/c1-2-3-13-26-31-35(19-18-21-9-5-4-6-10-21)28(36)34(26)20-22-14-16-23(17-15-22)24-11-7-8-12-25(24)27-29-32-33-30-27/h21-25H,2-20H2,1H3,(H,29,30,32,33). The lowest BCUT2D eigenvalue weighted by Crippen LogP contribution is -2.32. The summed E-state index contributed by atoms with van der Waals surface area (Å²) in [6.45, 7) is 3.87. The maximum absolute atomic E-state index is 13.4. The number of unbranched alkanes of at least 4 members (excludes halogenated alkanes) is 1. The normalized spacial score (nSPS) is 27.9. The second kappa shape index (κ2) is 12.5. The first-order chi connectivity index (χ1) is 17.7. The van der Waals surface area contributed by atoms with E-state index in [-0.39, 0.29) is 5.69 Å². The van der Waals surface area contributed by atoms with Crippen LogP contribution < -0.4 is 5.69 Å². The van der Waals surface area contributed by atoms with Gasteiger partial charge in [0.05, 0.1) is 0 Å². The van der Waals surface area contributed by atoms with Gasteiger partial charge in [-0.25, -0.2) is 9.48 Å². The van der Waals surface area contributed by atoms with Gasteiger partial charge in [0.25, 0.3) is 0 Å². The molecule has 2 aromatic rings. The number of tetrazole rings is 1. The van der Waals surface area contributed by atoms with Crippen LogP contribution >= 0.6 is 0 Å². The molecule has 3 saturated carbocycles. The van der Waals surface area contributed by atoms with E-state index in [1.54, 1.807) is 0 Å². The summed E-state index contributed by atoms with van der Waals surface area (Å²) in [7, 11) is 0. The third-order valence-corrected chi connectivity index (χ3v) is 9.68. The molecule has 0 aromatic carbocycles. The highest BCUT2D eigenvalue weighted by molar-refractivity contribution is 5.00. The summed E-state index contributed by atoms with van der Waals surface area (Å²) >= 11 is 0. The summed E-state index contributed by atoms with van der Waals surface area (Å²) in [5, 5.41) is 20.1. The second-order valence-corrected chi connectivity index (χ2v) is 12.0. The molecule has 3 aliphatic rings. The van der Waals surface area contributed by atoms with Gasteiger partial charge >= 0.3 is 5.69 Å². The number of aromatic amines is 1. The maximum atomic E-state index is 13.4. The fourth-order valence-corrected chi connectivity index (χ4v) is 7.54. The molecule has 0 radical (unpaired) electrons. The van der Waals surface area contributed by atoms with Gasteiger partial charge in [0, 0.05) is 25.4 Å². The third kappa shape index (κ3) is 6.10. The van der Waals surface area contributed by atoms with Crippen LogP contribution in [-0.4, -0.2) is 35.0 Å². The fraction of sp³-hybridized carbons (Fsp3) is 0.893. The Morgan fingerprint density at radius 3 is 2.44 bits per heavy atom. The average molecular weight is 498 g/mol. The SMILES string of the molecule is CCCCc1nn(CCC2CCCCC2)c(=O)n1CC1CCC(C2CCCCC2c2nn[nH]n2)CC1. The van der Waals surface area contributed by atoms with Crippen LogP contribution in [0, 0.1) is 23.7 Å². The van der Waals surface area contributed by atoms with Crippen molar-refractivity contribution in [2.45, 2.75) is 135 Å². The quantitative estimate of drug-likeness (QED) is 0.458. The zero-order valence-corrected chi connectivity index (χ0v) is 22.4. The van der Waals surface area contributed by atoms with Crippen LogP contribution in [0.25, 0.3) is 0 Å². The van der Waals surface area contributed by atoms with E-state index >= 15 is 0 Å². The summed E-state index contributed by atoms with van der Waals surface area (Å²) in [6.07, 6.45) is 21.1. The number of hydrogen-bond donors (Lipinski definition) is 1. The van der Waals surface area contributed by atoms with E-state index in [0.717, 1.165) is 62.3 Å². The molecular formula is C28H47N7O. The Labute approximate surface area is 216 Å². The predicted molar refractivity (Wildman–Crippen MR) is 141 cm³/mol. The predicted octanol–water partition coefficient (Wildman–Crippen LogP) is 5.65. The summed E-state index contributed by atoms with van der Waals surface area (Å²) in [6, 6.07) is 0. The number of H-pyrrole nitrogens is 1. The Hall–Kier alpha value is -1.99. The topological polar surface area (TPSA) is 94.3 Å². The van der Waals surface area contributed by atoms with Crippen molar-refractivity contribution in [2.75, 3.05) is 0 Å². The van der Waals surface area contributed by atoms with Crippen LogP contribution in [0.5, 0.6) is 0 Å². The summed E-state index contributed by atoms with van der Waals surface area (Å²) in [5.41, 5.74) is 0.142. The van der Waals surface area contributed by atoms with Crippen molar-refractivity contribution < 1.29 is 0 Å². The van der Waals surface area contributed by atoms with Crippen molar-refractivity contribution in [3.8, 4) is 0 Å². The molecule has 0 bridgehead atoms. The van der Waals surface area contributed by atoms with Crippen LogP contribution in [0.3, 0.4) is 0 Å². The van der Waals surface area contributed by atoms with Crippen molar-refractivity contribution in [1.29, 1.82) is 0 Å². The minimum absolute atomic E-state index is 0.142. The van der Waals surface area contributed by atoms with E-state index in [1.165, 1.54) is 83.5 Å². The van der Waals surface area contributed by atoms with Gasteiger partial charge < -0.3 is 0 Å². The van der Waals surface area contributed by atoms with Crippen LogP contribution in [-0.2, 0) is 19.5 Å². The molecule has 0 amide bonds. The molecule has 8 nitrogen and oxygen atoms in total. The molecule has 2 aromatic heterocycles. The van der Waals surface area contributed by atoms with Gasteiger partial charge in [-0.3, -0.25) is 4.57 Å². The van der Waals surface area contributed by atoms with Crippen LogP contribution in [0.4, 0.5) is 0 Å². The third-order valence-electron chi connectivity index (χ3n) is 9.68. The molecule has 200 valence electrons. The molecule has 1 N–H and O–H groups in total. The Kier molecular flexibility index (Phi) is 8.91. The van der Waals surface area contributed by atoms with E-state index in [9.17, 15) is 4.79 Å². The Morgan fingerprint density at radius 2 is 1.69 bits per heavy atom. The number of aromatic nitrogens is 7. The molecule has 2 heterocycles. The first-order valence-electron chi connectivity index (χ1n) is 15.1. The summed E-state index contributed by atoms with van der Waals surface area (Å²) < 4.78 is 3.87. The number of nitrogens with one attached hydrogen (secondary N) is 1. The monoisotopic (exact) mass is 497 g/mol. The Morgan fingerprint density at radius 1 is 0.917 bits per heavy atom. The van der Waals surface area contributed by atoms with E-state index in [4.69, 9.17) is 5.10 Å². The smallest absolute Gasteiger partial charge is 0.279 e. The fourth-order valence-electron chi connectivity index (χ4n) is 7.54. The van der Waals surface area contributed by atoms with Crippen LogP contribution in [0.1, 0.15) is 127 Å². The summed E-state index contributed by atoms with van der Waals surface area (Å²) in [5.74, 6) is 5.21. The zero-order valence-electron chi connectivity index (χ0n) is 22.4. The van der Waals surface area contributed by atoms with E-state index in [2.05, 4.69) is 32.1 Å². The molecule has 2 atom stereocenters. The summed E-state index contributed by atoms with van der Waals surface area (Å²) in [4.78, 5) is 13.4. The highest BCUT2D eigenvalue weighted by Gasteiger charge is 2.37. The minimum atomic E-state index is 0.142. The first-order valence-corrected chi connectivity index (χ1v) is 15.1. The highest BCUT2D eigenvalue weighted by atomic mass is 16.2.